The molecule has 0 spiro atoms. The Labute approximate surface area is 206 Å². The average molecular weight is 550 g/mol. The minimum atomic E-state index is -4.28. The third kappa shape index (κ3) is 6.67. The van der Waals surface area contributed by atoms with Crippen LogP contribution in [0, 0.1) is 5.82 Å². The number of nitrogens with zero attached hydrogens (tertiary/aromatic N) is 2. The highest BCUT2D eigenvalue weighted by Gasteiger charge is 2.54. The van der Waals surface area contributed by atoms with Gasteiger partial charge in [-0.15, -0.1) is 12.4 Å². The molecule has 0 aliphatic carbocycles. The second-order valence-corrected chi connectivity index (χ2v) is 10.4. The Kier molecular flexibility index (Phi) is 9.99. The Morgan fingerprint density at radius 1 is 1.17 bits per heavy atom. The predicted octanol–water partition coefficient (Wildman–Crippen LogP) is 2.48. The summed E-state index contributed by atoms with van der Waals surface area (Å²) in [6.07, 6.45) is -5.71. The summed E-state index contributed by atoms with van der Waals surface area (Å²) in [5, 5.41) is 9.13. The van der Waals surface area contributed by atoms with Crippen LogP contribution in [0.25, 0.3) is 0 Å². The summed E-state index contributed by atoms with van der Waals surface area (Å²) in [6.45, 7) is 0.204. The topological polar surface area (TPSA) is 108 Å². The van der Waals surface area contributed by atoms with Gasteiger partial charge in [-0.05, 0) is 18.6 Å². The summed E-state index contributed by atoms with van der Waals surface area (Å²) in [6, 6.07) is 3.95. The number of benzene rings is 1. The summed E-state index contributed by atoms with van der Waals surface area (Å²) in [5.41, 5.74) is 1.67. The third-order valence-corrected chi connectivity index (χ3v) is 8.65. The number of alkyl halides is 3. The number of hydrogen-bond donors (Lipinski definition) is 2. The van der Waals surface area contributed by atoms with Gasteiger partial charge in [-0.3, -0.25) is 10.0 Å². The van der Waals surface area contributed by atoms with Crippen molar-refractivity contribution in [3.8, 4) is 5.75 Å². The highest BCUT2D eigenvalue weighted by Crippen LogP contribution is 2.34. The van der Waals surface area contributed by atoms with Crippen molar-refractivity contribution in [1.29, 1.82) is 0 Å². The number of ether oxygens (including phenoxy) is 2. The van der Waals surface area contributed by atoms with Crippen molar-refractivity contribution in [2.45, 2.75) is 36.6 Å². The van der Waals surface area contributed by atoms with Gasteiger partial charge in [0.1, 0.15) is 11.6 Å². The van der Waals surface area contributed by atoms with E-state index in [1.165, 1.54) is 21.9 Å². The summed E-state index contributed by atoms with van der Waals surface area (Å²) < 4.78 is 87.6. The van der Waals surface area contributed by atoms with Crippen LogP contribution in [0.5, 0.6) is 5.75 Å². The summed E-state index contributed by atoms with van der Waals surface area (Å²) in [7, 11) is -4.14. The van der Waals surface area contributed by atoms with Gasteiger partial charge in [0.25, 0.3) is 5.91 Å². The van der Waals surface area contributed by atoms with Crippen molar-refractivity contribution in [3.05, 3.63) is 24.0 Å². The number of sulfonamides is 1. The standard InChI is InChI=1S/C20H27F4N3O6S.ClH/c21-16-14-15(33-11-1-4-20(22,23)24)2-3-17(16)26-7-9-27(10-8-26)34(30,31)19(18(28)25-29)5-12-32-13-6-19;/h2-3,14,29H,1,4-13H2,(H,25,28);1H. The molecule has 0 unspecified atom stereocenters. The number of piperazine rings is 1. The first-order valence-corrected chi connectivity index (χ1v) is 12.2. The second-order valence-electron chi connectivity index (χ2n) is 8.12. The van der Waals surface area contributed by atoms with Gasteiger partial charge in [0, 0.05) is 64.7 Å². The van der Waals surface area contributed by atoms with Gasteiger partial charge in [-0.2, -0.15) is 17.5 Å². The Hall–Kier alpha value is -1.87. The Balaban J connectivity index is 0.00000432. The molecule has 15 heteroatoms. The highest BCUT2D eigenvalue weighted by molar-refractivity contribution is 7.91. The van der Waals surface area contributed by atoms with E-state index in [2.05, 4.69) is 0 Å². The molecule has 9 nitrogen and oxygen atoms in total. The van der Waals surface area contributed by atoms with Crippen molar-refractivity contribution >= 4 is 34.0 Å². The molecule has 0 atom stereocenters. The summed E-state index contributed by atoms with van der Waals surface area (Å²) in [5.74, 6) is -1.55. The zero-order valence-corrected chi connectivity index (χ0v) is 20.4. The minimum Gasteiger partial charge on any atom is -0.493 e. The van der Waals surface area contributed by atoms with E-state index in [1.807, 2.05) is 0 Å². The number of amides is 1. The zero-order valence-electron chi connectivity index (χ0n) is 18.7. The lowest BCUT2D eigenvalue weighted by molar-refractivity contribution is -0.136. The molecule has 0 radical (unpaired) electrons. The van der Waals surface area contributed by atoms with Crippen LogP contribution in [0.3, 0.4) is 0 Å². The van der Waals surface area contributed by atoms with E-state index in [0.717, 1.165) is 6.07 Å². The zero-order chi connectivity index (χ0) is 25.0. The van der Waals surface area contributed by atoms with Crippen LogP contribution in [0.15, 0.2) is 18.2 Å². The fraction of sp³-hybridized carbons (Fsp3) is 0.650. The maximum atomic E-state index is 14.6. The Morgan fingerprint density at radius 2 is 1.80 bits per heavy atom. The van der Waals surface area contributed by atoms with E-state index in [4.69, 9.17) is 14.7 Å². The van der Waals surface area contributed by atoms with E-state index in [0.29, 0.717) is 0 Å². The number of carbonyl (C=O) groups is 1. The lowest BCUT2D eigenvalue weighted by Gasteiger charge is -2.42. The van der Waals surface area contributed by atoms with Gasteiger partial charge in [-0.25, -0.2) is 18.3 Å². The van der Waals surface area contributed by atoms with Crippen LogP contribution >= 0.6 is 12.4 Å². The molecule has 1 amide bonds. The third-order valence-electron chi connectivity index (χ3n) is 6.02. The fourth-order valence-electron chi connectivity index (χ4n) is 4.12. The number of halogens is 5. The van der Waals surface area contributed by atoms with Gasteiger partial charge < -0.3 is 14.4 Å². The Morgan fingerprint density at radius 3 is 2.34 bits per heavy atom. The maximum absolute atomic E-state index is 14.6. The lowest BCUT2D eigenvalue weighted by atomic mass is 9.98. The molecule has 200 valence electrons. The normalized spacial score (nSPS) is 19.1. The van der Waals surface area contributed by atoms with Crippen molar-refractivity contribution in [2.75, 3.05) is 50.9 Å². The molecule has 2 saturated heterocycles. The van der Waals surface area contributed by atoms with Gasteiger partial charge >= 0.3 is 6.18 Å². The SMILES string of the molecule is Cl.O=C(NO)C1(S(=O)(=O)N2CCN(c3ccc(OCCCC(F)(F)F)cc3F)CC2)CCOCC1. The van der Waals surface area contributed by atoms with Gasteiger partial charge in [0.05, 0.1) is 12.3 Å². The van der Waals surface area contributed by atoms with Crippen LogP contribution in [-0.4, -0.2) is 80.8 Å². The molecule has 2 aliphatic heterocycles. The van der Waals surface area contributed by atoms with Crippen LogP contribution in [0.4, 0.5) is 23.2 Å². The smallest absolute Gasteiger partial charge is 0.389 e. The van der Waals surface area contributed by atoms with Crippen molar-refractivity contribution in [3.63, 3.8) is 0 Å². The molecule has 35 heavy (non-hydrogen) atoms. The minimum absolute atomic E-state index is 0. The van der Waals surface area contributed by atoms with Crippen LogP contribution in [0.1, 0.15) is 25.7 Å². The molecular weight excluding hydrogens is 522 g/mol. The van der Waals surface area contributed by atoms with E-state index in [1.54, 1.807) is 4.90 Å². The molecule has 2 heterocycles. The van der Waals surface area contributed by atoms with Gasteiger partial charge in [0.2, 0.25) is 10.0 Å². The first kappa shape index (κ1) is 29.4. The maximum Gasteiger partial charge on any atom is 0.389 e. The van der Waals surface area contributed by atoms with Crippen molar-refractivity contribution < 1.29 is 45.5 Å². The number of anilines is 1. The molecule has 1 aromatic rings. The fourth-order valence-corrected chi connectivity index (χ4v) is 6.22. The first-order chi connectivity index (χ1) is 16.0. The average Bonchev–Trinajstić information content (AvgIpc) is 2.81. The van der Waals surface area contributed by atoms with Crippen molar-refractivity contribution in [2.24, 2.45) is 0 Å². The van der Waals surface area contributed by atoms with E-state index < -0.39 is 39.1 Å². The molecule has 3 rings (SSSR count). The molecule has 2 aliphatic rings. The molecule has 2 N–H and O–H groups in total. The first-order valence-electron chi connectivity index (χ1n) is 10.8. The Bertz CT molecular complexity index is 968. The largest absolute Gasteiger partial charge is 0.493 e. The quantitative estimate of drug-likeness (QED) is 0.222. The monoisotopic (exact) mass is 549 g/mol. The van der Waals surface area contributed by atoms with Crippen LogP contribution in [0.2, 0.25) is 0 Å². The number of hydrogen-bond acceptors (Lipinski definition) is 7. The molecule has 2 fully saturated rings. The van der Waals surface area contributed by atoms with Crippen LogP contribution in [-0.2, 0) is 19.6 Å². The number of carbonyl (C=O) groups excluding carboxylic acids is 1. The van der Waals surface area contributed by atoms with E-state index in [9.17, 15) is 30.8 Å². The molecule has 1 aromatic carbocycles. The number of hydroxylamine groups is 1. The molecule has 0 aromatic heterocycles. The highest BCUT2D eigenvalue weighted by atomic mass is 35.5. The summed E-state index contributed by atoms with van der Waals surface area (Å²) >= 11 is 0. The second kappa shape index (κ2) is 11.9. The lowest BCUT2D eigenvalue weighted by Crippen LogP contribution is -2.62. The van der Waals surface area contributed by atoms with Gasteiger partial charge in [-0.1, -0.05) is 0 Å². The number of nitrogens with one attached hydrogen (secondary N) is 1. The molecular formula is C20H28ClF4N3O6S. The van der Waals surface area contributed by atoms with Crippen LogP contribution < -0.4 is 15.1 Å². The predicted molar refractivity (Wildman–Crippen MR) is 120 cm³/mol. The van der Waals surface area contributed by atoms with Crippen molar-refractivity contribution in [1.82, 2.24) is 9.79 Å². The van der Waals surface area contributed by atoms with Gasteiger partial charge in [0.15, 0.2) is 4.75 Å². The summed E-state index contributed by atoms with van der Waals surface area (Å²) in [4.78, 5) is 14.0. The van der Waals surface area contributed by atoms with E-state index >= 15 is 0 Å². The molecule has 0 saturated carbocycles. The number of rotatable bonds is 8. The molecule has 0 bridgehead atoms. The van der Waals surface area contributed by atoms with E-state index in [-0.39, 0.29) is 89.1 Å².